The second-order valence-electron chi connectivity index (χ2n) is 3.35. The van der Waals surface area contributed by atoms with Crippen LogP contribution in [0.25, 0.3) is 0 Å². The Morgan fingerprint density at radius 1 is 1.36 bits per heavy atom. The zero-order chi connectivity index (χ0) is 10.3. The van der Waals surface area contributed by atoms with Gasteiger partial charge in [-0.05, 0) is 12.1 Å². The lowest BCUT2D eigenvalue weighted by atomic mass is 10.3. The third-order valence-corrected chi connectivity index (χ3v) is 4.12. The minimum absolute atomic E-state index is 0.0144. The van der Waals surface area contributed by atoms with Crippen LogP contribution >= 0.6 is 0 Å². The third-order valence-electron chi connectivity index (χ3n) is 2.39. The van der Waals surface area contributed by atoms with Crippen molar-refractivity contribution in [1.29, 1.82) is 0 Å². The van der Waals surface area contributed by atoms with Crippen molar-refractivity contribution in [2.45, 2.75) is 4.90 Å². The van der Waals surface area contributed by atoms with Gasteiger partial charge in [-0.3, -0.25) is 0 Å². The number of hydrogen-bond acceptors (Lipinski definition) is 3. The Labute approximate surface area is 83.6 Å². The molecule has 0 amide bonds. The van der Waals surface area contributed by atoms with Crippen LogP contribution in [-0.4, -0.2) is 21.2 Å². The summed E-state index contributed by atoms with van der Waals surface area (Å²) >= 11 is 0. The molecule has 0 unspecified atom stereocenters. The Morgan fingerprint density at radius 2 is 2.00 bits per heavy atom. The van der Waals surface area contributed by atoms with E-state index in [0.717, 1.165) is 0 Å². The Morgan fingerprint density at radius 3 is 2.71 bits per heavy atom. The fourth-order valence-corrected chi connectivity index (χ4v) is 3.16. The highest BCUT2D eigenvalue weighted by Gasteiger charge is 2.28. The molecule has 1 aromatic carbocycles. The Kier molecular flexibility index (Phi) is 1.89. The van der Waals surface area contributed by atoms with E-state index in [1.165, 1.54) is 0 Å². The van der Waals surface area contributed by atoms with Crippen molar-refractivity contribution in [3.05, 3.63) is 36.5 Å². The van der Waals surface area contributed by atoms with Crippen molar-refractivity contribution in [1.82, 2.24) is 0 Å². The van der Waals surface area contributed by atoms with Gasteiger partial charge in [0.05, 0.1) is 16.3 Å². The van der Waals surface area contributed by atoms with Crippen LogP contribution in [0.5, 0.6) is 0 Å². The summed E-state index contributed by atoms with van der Waals surface area (Å²) in [5.41, 5.74) is 1.33. The fourth-order valence-electron chi connectivity index (χ4n) is 1.56. The maximum atomic E-state index is 11.7. The van der Waals surface area contributed by atoms with Gasteiger partial charge in [-0.1, -0.05) is 18.7 Å². The average Bonchev–Trinajstić information content (AvgIpc) is 2.14. The minimum Gasteiger partial charge on any atom is -0.347 e. The van der Waals surface area contributed by atoms with E-state index >= 15 is 0 Å². The fraction of sp³-hybridized carbons (Fsp3) is 0.200. The normalized spacial score (nSPS) is 19.2. The van der Waals surface area contributed by atoms with Crippen LogP contribution in [0.3, 0.4) is 0 Å². The summed E-state index contributed by atoms with van der Waals surface area (Å²) < 4.78 is 23.5. The van der Waals surface area contributed by atoms with Gasteiger partial charge in [-0.15, -0.1) is 0 Å². The first-order valence-electron chi connectivity index (χ1n) is 4.26. The van der Waals surface area contributed by atoms with Gasteiger partial charge in [-0.2, -0.15) is 0 Å². The topological polar surface area (TPSA) is 37.4 Å². The first-order chi connectivity index (χ1) is 6.52. The van der Waals surface area contributed by atoms with E-state index in [1.54, 1.807) is 18.2 Å². The lowest BCUT2D eigenvalue weighted by molar-refractivity contribution is 0.595. The number of fused-ring (bicyclic) bond motifs is 1. The molecule has 0 bridgehead atoms. The van der Waals surface area contributed by atoms with Crippen molar-refractivity contribution in [2.75, 3.05) is 17.7 Å². The molecule has 0 spiro atoms. The maximum absolute atomic E-state index is 11.7. The predicted octanol–water partition coefficient (Wildman–Crippen LogP) is 1.42. The molecule has 2 rings (SSSR count). The molecule has 3 nitrogen and oxygen atoms in total. The molecule has 0 aliphatic carbocycles. The quantitative estimate of drug-likeness (QED) is 0.648. The molecule has 1 aliphatic heterocycles. The smallest absolute Gasteiger partial charge is 0.186 e. The van der Waals surface area contributed by atoms with Crippen LogP contribution in [-0.2, 0) is 9.84 Å². The Balaban J connectivity index is 2.74. The van der Waals surface area contributed by atoms with Gasteiger partial charge in [0.25, 0.3) is 0 Å². The zero-order valence-electron chi connectivity index (χ0n) is 7.90. The molecule has 1 aromatic rings. The molecule has 1 aliphatic rings. The van der Waals surface area contributed by atoms with Crippen molar-refractivity contribution in [3.8, 4) is 0 Å². The minimum atomic E-state index is -3.17. The maximum Gasteiger partial charge on any atom is 0.186 e. The SMILES string of the molecule is C=C1CS(=O)(=O)c2ccccc2N1C. The second kappa shape index (κ2) is 2.85. The second-order valence-corrected chi connectivity index (χ2v) is 5.31. The van der Waals surface area contributed by atoms with Crippen LogP contribution in [0.1, 0.15) is 0 Å². The molecule has 1 heterocycles. The van der Waals surface area contributed by atoms with Gasteiger partial charge in [-0.25, -0.2) is 8.42 Å². The first kappa shape index (κ1) is 9.27. The number of benzene rings is 1. The molecule has 0 radical (unpaired) electrons. The molecule has 74 valence electrons. The molecular formula is C10H11NO2S. The number of para-hydroxylation sites is 1. The van der Waals surface area contributed by atoms with Crippen molar-refractivity contribution in [3.63, 3.8) is 0 Å². The highest BCUT2D eigenvalue weighted by Crippen LogP contribution is 2.32. The van der Waals surface area contributed by atoms with Crippen LogP contribution in [0.2, 0.25) is 0 Å². The highest BCUT2D eigenvalue weighted by molar-refractivity contribution is 7.91. The predicted molar refractivity (Wildman–Crippen MR) is 56.0 cm³/mol. The van der Waals surface area contributed by atoms with E-state index < -0.39 is 9.84 Å². The van der Waals surface area contributed by atoms with Gasteiger partial charge in [0, 0.05) is 12.7 Å². The van der Waals surface area contributed by atoms with E-state index in [9.17, 15) is 8.42 Å². The zero-order valence-corrected chi connectivity index (χ0v) is 8.71. The lowest BCUT2D eigenvalue weighted by Gasteiger charge is -2.28. The summed E-state index contributed by atoms with van der Waals surface area (Å²) in [5, 5.41) is 0. The summed E-state index contributed by atoms with van der Waals surface area (Å²) in [4.78, 5) is 2.21. The summed E-state index contributed by atoms with van der Waals surface area (Å²) in [5.74, 6) is 0.0144. The van der Waals surface area contributed by atoms with E-state index in [1.807, 2.05) is 18.0 Å². The van der Waals surface area contributed by atoms with Crippen LogP contribution in [0.4, 0.5) is 5.69 Å². The van der Waals surface area contributed by atoms with Gasteiger partial charge in [0.15, 0.2) is 9.84 Å². The van der Waals surface area contributed by atoms with Gasteiger partial charge >= 0.3 is 0 Å². The number of hydrogen-bond donors (Lipinski definition) is 0. The van der Waals surface area contributed by atoms with Crippen LogP contribution in [0.15, 0.2) is 41.4 Å². The number of sulfone groups is 1. The number of anilines is 1. The summed E-state index contributed by atoms with van der Waals surface area (Å²) in [7, 11) is -1.34. The number of rotatable bonds is 0. The highest BCUT2D eigenvalue weighted by atomic mass is 32.2. The van der Waals surface area contributed by atoms with Crippen molar-refractivity contribution >= 4 is 15.5 Å². The summed E-state index contributed by atoms with van der Waals surface area (Å²) in [6.07, 6.45) is 0. The molecule has 0 fully saturated rings. The molecule has 0 atom stereocenters. The first-order valence-corrected chi connectivity index (χ1v) is 5.91. The van der Waals surface area contributed by atoms with Gasteiger partial charge < -0.3 is 4.90 Å². The molecule has 4 heteroatoms. The largest absolute Gasteiger partial charge is 0.347 e. The molecule has 0 saturated carbocycles. The van der Waals surface area contributed by atoms with Crippen LogP contribution < -0.4 is 4.90 Å². The van der Waals surface area contributed by atoms with E-state index in [4.69, 9.17) is 0 Å². The molecule has 0 N–H and O–H groups in total. The van der Waals surface area contributed by atoms with E-state index in [-0.39, 0.29) is 5.75 Å². The third kappa shape index (κ3) is 1.23. The van der Waals surface area contributed by atoms with Crippen LogP contribution in [0, 0.1) is 0 Å². The summed E-state index contributed by atoms with van der Waals surface area (Å²) in [6, 6.07) is 6.98. The number of nitrogens with zero attached hydrogens (tertiary/aromatic N) is 1. The van der Waals surface area contributed by atoms with Gasteiger partial charge in [0.2, 0.25) is 0 Å². The lowest BCUT2D eigenvalue weighted by Crippen LogP contribution is -2.29. The average molecular weight is 209 g/mol. The standard InChI is InChI=1S/C10H11NO2S/c1-8-7-14(12,13)10-6-4-3-5-9(10)11(8)2/h3-6H,1,7H2,2H3. The van der Waals surface area contributed by atoms with Crippen molar-refractivity contribution < 1.29 is 8.42 Å². The Hall–Kier alpha value is -1.29. The van der Waals surface area contributed by atoms with E-state index in [0.29, 0.717) is 16.3 Å². The molecule has 0 saturated heterocycles. The Bertz CT molecular complexity index is 491. The summed E-state index contributed by atoms with van der Waals surface area (Å²) in [6.45, 7) is 3.74. The molecular weight excluding hydrogens is 198 g/mol. The molecule has 0 aromatic heterocycles. The van der Waals surface area contributed by atoms with Crippen molar-refractivity contribution in [2.24, 2.45) is 0 Å². The van der Waals surface area contributed by atoms with E-state index in [2.05, 4.69) is 6.58 Å². The van der Waals surface area contributed by atoms with Gasteiger partial charge in [0.1, 0.15) is 0 Å². The monoisotopic (exact) mass is 209 g/mol. The molecule has 14 heavy (non-hydrogen) atoms.